The summed E-state index contributed by atoms with van der Waals surface area (Å²) in [4.78, 5) is 33.9. The van der Waals surface area contributed by atoms with Gasteiger partial charge in [-0.2, -0.15) is 18.4 Å². The molecule has 3 heterocycles. The second-order valence-corrected chi connectivity index (χ2v) is 9.88. The van der Waals surface area contributed by atoms with Crippen LogP contribution in [0.4, 0.5) is 24.7 Å². The zero-order valence-corrected chi connectivity index (χ0v) is 21.2. The topological polar surface area (TPSA) is 101 Å². The van der Waals surface area contributed by atoms with Gasteiger partial charge in [-0.1, -0.05) is 6.07 Å². The Bertz CT molecular complexity index is 1200. The molecular formula is C27H31F3N6O2. The van der Waals surface area contributed by atoms with Gasteiger partial charge in [-0.25, -0.2) is 4.98 Å². The van der Waals surface area contributed by atoms with E-state index in [1.807, 2.05) is 22.9 Å². The van der Waals surface area contributed by atoms with Gasteiger partial charge in [0, 0.05) is 50.9 Å². The third-order valence-electron chi connectivity index (χ3n) is 7.29. The van der Waals surface area contributed by atoms with Gasteiger partial charge in [0.25, 0.3) is 5.91 Å². The highest BCUT2D eigenvalue weighted by Gasteiger charge is 2.31. The zero-order chi connectivity index (χ0) is 27.3. The Morgan fingerprint density at radius 2 is 2.00 bits per heavy atom. The predicted molar refractivity (Wildman–Crippen MR) is 137 cm³/mol. The van der Waals surface area contributed by atoms with Crippen LogP contribution in [0.15, 0.2) is 36.5 Å². The van der Waals surface area contributed by atoms with Crippen LogP contribution in [0.3, 0.4) is 0 Å². The maximum Gasteiger partial charge on any atom is 0.416 e. The number of hydrogen-bond acceptors (Lipinski definition) is 6. The Labute approximate surface area is 219 Å². The van der Waals surface area contributed by atoms with E-state index in [2.05, 4.69) is 15.6 Å². The van der Waals surface area contributed by atoms with Gasteiger partial charge in [-0.3, -0.25) is 9.59 Å². The first-order chi connectivity index (χ1) is 18.2. The lowest BCUT2D eigenvalue weighted by atomic mass is 9.92. The van der Waals surface area contributed by atoms with Crippen molar-refractivity contribution in [2.45, 2.75) is 44.3 Å². The summed E-state index contributed by atoms with van der Waals surface area (Å²) in [6.07, 6.45) is 0.880. The van der Waals surface area contributed by atoms with Crippen LogP contribution in [0.2, 0.25) is 0 Å². The number of piperidine rings is 2. The van der Waals surface area contributed by atoms with Crippen molar-refractivity contribution in [3.63, 3.8) is 0 Å². The van der Waals surface area contributed by atoms with Crippen LogP contribution in [-0.2, 0) is 11.0 Å². The molecule has 0 spiro atoms. The van der Waals surface area contributed by atoms with E-state index in [0.717, 1.165) is 50.9 Å². The molecule has 2 aliphatic heterocycles. The van der Waals surface area contributed by atoms with E-state index >= 15 is 0 Å². The lowest BCUT2D eigenvalue weighted by molar-refractivity contribution is -0.137. The third kappa shape index (κ3) is 6.61. The number of rotatable bonds is 6. The highest BCUT2D eigenvalue weighted by molar-refractivity contribution is 6.05. The lowest BCUT2D eigenvalue weighted by Gasteiger charge is -2.36. The fraction of sp³-hybridized carbons (Fsp3) is 0.481. The number of pyridine rings is 1. The van der Waals surface area contributed by atoms with Crippen molar-refractivity contribution in [2.75, 3.05) is 43.4 Å². The molecule has 38 heavy (non-hydrogen) atoms. The molecule has 1 aromatic carbocycles. The molecule has 0 aliphatic carbocycles. The fourth-order valence-corrected chi connectivity index (χ4v) is 5.00. The van der Waals surface area contributed by atoms with E-state index in [9.17, 15) is 28.0 Å². The number of amides is 2. The van der Waals surface area contributed by atoms with Crippen molar-refractivity contribution < 1.29 is 22.8 Å². The molecule has 2 fully saturated rings. The maximum atomic E-state index is 13.1. The molecule has 11 heteroatoms. The average Bonchev–Trinajstić information content (AvgIpc) is 2.93. The van der Waals surface area contributed by atoms with Crippen molar-refractivity contribution >= 4 is 23.3 Å². The molecule has 0 unspecified atom stereocenters. The molecule has 1 aromatic heterocycles. The number of halogens is 3. The van der Waals surface area contributed by atoms with Crippen molar-refractivity contribution in [2.24, 2.45) is 5.92 Å². The summed E-state index contributed by atoms with van der Waals surface area (Å²) in [5, 5.41) is 15.3. The minimum atomic E-state index is -4.57. The molecule has 0 saturated carbocycles. The average molecular weight is 529 g/mol. The number of nitrogens with one attached hydrogen (secondary N) is 2. The van der Waals surface area contributed by atoms with Gasteiger partial charge in [0.15, 0.2) is 5.82 Å². The molecule has 2 aromatic rings. The largest absolute Gasteiger partial charge is 0.416 e. The molecule has 2 saturated heterocycles. The summed E-state index contributed by atoms with van der Waals surface area (Å²) in [6, 6.07) is 7.84. The summed E-state index contributed by atoms with van der Waals surface area (Å²) in [7, 11) is 1.87. The zero-order valence-electron chi connectivity index (χ0n) is 21.2. The van der Waals surface area contributed by atoms with Gasteiger partial charge in [0.2, 0.25) is 5.91 Å². The second kappa shape index (κ2) is 11.8. The predicted octanol–water partition coefficient (Wildman–Crippen LogP) is 4.04. The molecule has 2 N–H and O–H groups in total. The minimum Gasteiger partial charge on any atom is -0.355 e. The van der Waals surface area contributed by atoms with Crippen LogP contribution >= 0.6 is 0 Å². The van der Waals surface area contributed by atoms with E-state index in [-0.39, 0.29) is 34.7 Å². The Morgan fingerprint density at radius 1 is 1.24 bits per heavy atom. The molecule has 2 aliphatic rings. The summed E-state index contributed by atoms with van der Waals surface area (Å²) >= 11 is 0. The number of nitrogens with zero attached hydrogens (tertiary/aromatic N) is 4. The number of anilines is 2. The van der Waals surface area contributed by atoms with Gasteiger partial charge in [0.05, 0.1) is 16.8 Å². The van der Waals surface area contributed by atoms with E-state index in [1.165, 1.54) is 24.4 Å². The summed E-state index contributed by atoms with van der Waals surface area (Å²) in [5.41, 5.74) is -0.599. The second-order valence-electron chi connectivity index (χ2n) is 9.88. The van der Waals surface area contributed by atoms with Crippen LogP contribution < -0.4 is 15.5 Å². The van der Waals surface area contributed by atoms with Gasteiger partial charge >= 0.3 is 6.18 Å². The summed E-state index contributed by atoms with van der Waals surface area (Å²) in [6.45, 7) is 3.00. The van der Waals surface area contributed by atoms with Crippen molar-refractivity contribution in [1.29, 1.82) is 5.26 Å². The Morgan fingerprint density at radius 3 is 2.66 bits per heavy atom. The number of hydrogen-bond donors (Lipinski definition) is 2. The van der Waals surface area contributed by atoms with Crippen molar-refractivity contribution in [3.05, 3.63) is 53.2 Å². The van der Waals surface area contributed by atoms with Gasteiger partial charge in [-0.15, -0.1) is 0 Å². The van der Waals surface area contributed by atoms with E-state index in [1.54, 1.807) is 0 Å². The molecule has 202 valence electrons. The van der Waals surface area contributed by atoms with Crippen molar-refractivity contribution in [3.8, 4) is 6.07 Å². The first kappa shape index (κ1) is 27.4. The first-order valence-electron chi connectivity index (χ1n) is 12.8. The van der Waals surface area contributed by atoms with Gasteiger partial charge < -0.3 is 20.4 Å². The number of carbonyl (C=O) groups excluding carboxylic acids is 2. The summed E-state index contributed by atoms with van der Waals surface area (Å²) < 4.78 is 39.3. The number of aromatic nitrogens is 1. The number of carbonyl (C=O) groups is 2. The van der Waals surface area contributed by atoms with Gasteiger partial charge in [0.1, 0.15) is 6.07 Å². The molecular weight excluding hydrogens is 497 g/mol. The van der Waals surface area contributed by atoms with Crippen LogP contribution in [-0.4, -0.2) is 61.0 Å². The molecule has 4 rings (SSSR count). The molecule has 1 atom stereocenters. The number of nitriles is 1. The monoisotopic (exact) mass is 528 g/mol. The summed E-state index contributed by atoms with van der Waals surface area (Å²) in [5.74, 6) is 0.0800. The van der Waals surface area contributed by atoms with Crippen LogP contribution in [0.5, 0.6) is 0 Å². The number of benzene rings is 1. The molecule has 8 nitrogen and oxygen atoms in total. The van der Waals surface area contributed by atoms with Crippen LogP contribution in [0.1, 0.15) is 53.6 Å². The van der Waals surface area contributed by atoms with Gasteiger partial charge in [-0.05, 0) is 62.4 Å². The van der Waals surface area contributed by atoms with Crippen LogP contribution in [0.25, 0.3) is 0 Å². The highest BCUT2D eigenvalue weighted by atomic mass is 19.4. The Hall–Kier alpha value is -3.65. The smallest absolute Gasteiger partial charge is 0.355 e. The van der Waals surface area contributed by atoms with E-state index in [4.69, 9.17) is 0 Å². The quantitative estimate of drug-likeness (QED) is 0.587. The van der Waals surface area contributed by atoms with Crippen molar-refractivity contribution in [1.82, 2.24) is 15.2 Å². The minimum absolute atomic E-state index is 0.141. The number of likely N-dealkylation sites (N-methyl/N-ethyl adjacent to an activating group) is 1. The van der Waals surface area contributed by atoms with E-state index in [0.29, 0.717) is 25.3 Å². The lowest BCUT2D eigenvalue weighted by Crippen LogP contribution is -2.47. The third-order valence-corrected chi connectivity index (χ3v) is 7.29. The standard InChI is InChI=1S/C27H31F3N6O2/c1-35(22-6-3-9-32-17-22)24(37)13-18-7-10-36(11-8-18)25-23(12-19(15-31)16-33-25)34-26(38)20-4-2-5-21(14-20)27(28,29)30/h2,4-5,12,14,16,18,22,32H,3,6-11,13,17H2,1H3,(H,34,38)/t22-/m1/s1. The normalized spacial score (nSPS) is 18.5. The Balaban J connectivity index is 1.42. The maximum absolute atomic E-state index is 13.1. The SMILES string of the molecule is CN(C(=O)CC1CCN(c2ncc(C#N)cc2NC(=O)c2cccc(C(F)(F)F)c2)CC1)[C@@H]1CCCNC1. The van der Waals surface area contributed by atoms with E-state index < -0.39 is 17.6 Å². The number of alkyl halides is 3. The fourth-order valence-electron chi connectivity index (χ4n) is 5.00. The molecule has 2 amide bonds. The van der Waals surface area contributed by atoms with Crippen LogP contribution in [0, 0.1) is 17.2 Å². The Kier molecular flexibility index (Phi) is 8.52. The highest BCUT2D eigenvalue weighted by Crippen LogP contribution is 2.32. The first-order valence-corrected chi connectivity index (χ1v) is 12.8. The molecule has 0 radical (unpaired) electrons. The molecule has 0 bridgehead atoms.